The van der Waals surface area contributed by atoms with Crippen molar-refractivity contribution >= 4 is 11.6 Å². The van der Waals surface area contributed by atoms with Gasteiger partial charge in [-0.25, -0.2) is 9.79 Å². The summed E-state index contributed by atoms with van der Waals surface area (Å²) in [5.41, 5.74) is 9.33. The summed E-state index contributed by atoms with van der Waals surface area (Å²) in [4.78, 5) is 31.7. The summed E-state index contributed by atoms with van der Waals surface area (Å²) in [5, 5.41) is 19.4. The number of hydrogen-bond donors (Lipinski definition) is 2. The Bertz CT molecular complexity index is 1720. The summed E-state index contributed by atoms with van der Waals surface area (Å²) in [6, 6.07) is 10.1. The van der Waals surface area contributed by atoms with Crippen LogP contribution in [0, 0.1) is 32.1 Å². The van der Waals surface area contributed by atoms with E-state index in [4.69, 9.17) is 14.5 Å². The van der Waals surface area contributed by atoms with Gasteiger partial charge in [-0.05, 0) is 62.9 Å². The van der Waals surface area contributed by atoms with Crippen LogP contribution < -0.4 is 31.4 Å². The van der Waals surface area contributed by atoms with Crippen molar-refractivity contribution in [3.63, 3.8) is 0 Å². The molecule has 218 valence electrons. The zero-order valence-corrected chi connectivity index (χ0v) is 24.4. The second-order valence-corrected chi connectivity index (χ2v) is 10.4. The van der Waals surface area contributed by atoms with Gasteiger partial charge < -0.3 is 14.8 Å². The average molecular weight is 571 g/mol. The Morgan fingerprint density at radius 2 is 1.95 bits per heavy atom. The lowest BCUT2D eigenvalue weighted by Crippen LogP contribution is -2.46. The van der Waals surface area contributed by atoms with E-state index in [-0.39, 0.29) is 18.8 Å². The van der Waals surface area contributed by atoms with E-state index in [2.05, 4.69) is 33.2 Å². The Labute approximate surface area is 243 Å². The zero-order valence-electron chi connectivity index (χ0n) is 24.4. The number of carbonyl (C=O) groups excluding carboxylic acids is 1. The fraction of sp³-hybridized carbons (Fsp3) is 0.400. The van der Waals surface area contributed by atoms with Gasteiger partial charge in [0.05, 0.1) is 31.2 Å². The normalized spacial score (nSPS) is 17.2. The molecule has 12 heteroatoms. The van der Waals surface area contributed by atoms with Gasteiger partial charge in [0.1, 0.15) is 5.49 Å². The fourth-order valence-corrected chi connectivity index (χ4v) is 5.53. The third-order valence-corrected chi connectivity index (χ3v) is 7.46. The van der Waals surface area contributed by atoms with Crippen molar-refractivity contribution in [3.05, 3.63) is 68.6 Å². The van der Waals surface area contributed by atoms with Crippen LogP contribution >= 0.6 is 0 Å². The van der Waals surface area contributed by atoms with E-state index in [0.29, 0.717) is 36.6 Å². The highest BCUT2D eigenvalue weighted by molar-refractivity contribution is 5.83. The molecule has 2 aliphatic rings. The van der Waals surface area contributed by atoms with Crippen LogP contribution in [-0.4, -0.2) is 47.4 Å². The number of benzene rings is 2. The molecule has 2 atom stereocenters. The van der Waals surface area contributed by atoms with Crippen molar-refractivity contribution in [2.75, 3.05) is 20.3 Å². The molecule has 0 spiro atoms. The van der Waals surface area contributed by atoms with Gasteiger partial charge in [0.15, 0.2) is 23.6 Å². The molecule has 0 aliphatic carbocycles. The lowest BCUT2D eigenvalue weighted by Gasteiger charge is -2.25. The Kier molecular flexibility index (Phi) is 8.10. The Balaban J connectivity index is 1.60. The number of aryl methyl sites for hydroxylation is 4. The monoisotopic (exact) mass is 570 g/mol. The maximum atomic E-state index is 14.0. The topological polar surface area (TPSA) is 147 Å². The second-order valence-electron chi connectivity index (χ2n) is 10.4. The number of amides is 1. The molecule has 42 heavy (non-hydrogen) atoms. The van der Waals surface area contributed by atoms with Crippen molar-refractivity contribution in [1.82, 2.24) is 19.9 Å². The van der Waals surface area contributed by atoms with E-state index in [1.807, 2.05) is 52.0 Å². The van der Waals surface area contributed by atoms with Gasteiger partial charge in [0, 0.05) is 31.3 Å². The summed E-state index contributed by atoms with van der Waals surface area (Å²) >= 11 is 0. The van der Waals surface area contributed by atoms with Gasteiger partial charge in [-0.1, -0.05) is 22.9 Å². The minimum absolute atomic E-state index is 0.138. The quantitative estimate of drug-likeness (QED) is 0.426. The molecule has 0 radical (unpaired) electrons. The molecule has 2 unspecified atom stereocenters. The van der Waals surface area contributed by atoms with Crippen LogP contribution in [0.3, 0.4) is 0 Å². The summed E-state index contributed by atoms with van der Waals surface area (Å²) < 4.78 is 14.7. The lowest BCUT2D eigenvalue weighted by atomic mass is 9.97. The van der Waals surface area contributed by atoms with Gasteiger partial charge in [-0.2, -0.15) is 10.4 Å². The number of nitrogens with zero attached hydrogens (tertiary/aromatic N) is 6. The van der Waals surface area contributed by atoms with Gasteiger partial charge in [0.2, 0.25) is 5.91 Å². The summed E-state index contributed by atoms with van der Waals surface area (Å²) in [6.45, 7) is 9.26. The third kappa shape index (κ3) is 5.37. The number of nitriles is 1. The molecule has 12 nitrogen and oxygen atoms in total. The van der Waals surface area contributed by atoms with Crippen molar-refractivity contribution in [1.29, 1.82) is 5.26 Å². The number of nitrogens with one attached hydrogen (secondary N) is 2. The maximum Gasteiger partial charge on any atom is 0.330 e. The van der Waals surface area contributed by atoms with Crippen LogP contribution in [0.5, 0.6) is 11.5 Å². The molecule has 0 saturated heterocycles. The lowest BCUT2D eigenvalue weighted by molar-refractivity contribution is -0.122. The van der Waals surface area contributed by atoms with Crippen LogP contribution in [0.2, 0.25) is 0 Å². The van der Waals surface area contributed by atoms with Gasteiger partial charge in [-0.3, -0.25) is 19.4 Å². The van der Waals surface area contributed by atoms with Gasteiger partial charge >= 0.3 is 5.69 Å². The van der Waals surface area contributed by atoms with Gasteiger partial charge in [-0.15, -0.1) is 0 Å². The first-order valence-electron chi connectivity index (χ1n) is 13.9. The zero-order chi connectivity index (χ0) is 30.0. The van der Waals surface area contributed by atoms with Crippen molar-refractivity contribution in [2.24, 2.45) is 15.3 Å². The number of rotatable bonds is 8. The number of ether oxygens (including phenoxy) is 2. The Morgan fingerprint density at radius 1 is 1.19 bits per heavy atom. The molecule has 2 aromatic carbocycles. The van der Waals surface area contributed by atoms with E-state index >= 15 is 0 Å². The van der Waals surface area contributed by atoms with Crippen LogP contribution in [0.4, 0.5) is 5.69 Å². The molecule has 0 saturated carbocycles. The van der Waals surface area contributed by atoms with Gasteiger partial charge in [0.25, 0.3) is 0 Å². The smallest absolute Gasteiger partial charge is 0.330 e. The first kappa shape index (κ1) is 28.6. The number of fused-ring (bicyclic) bond motifs is 3. The summed E-state index contributed by atoms with van der Waals surface area (Å²) in [6.07, 6.45) is 0.644. The molecule has 5 rings (SSSR count). The summed E-state index contributed by atoms with van der Waals surface area (Å²) in [5.74, 6) is 0.820. The van der Waals surface area contributed by atoms with Crippen LogP contribution in [0.25, 0.3) is 11.3 Å². The third-order valence-electron chi connectivity index (χ3n) is 7.46. The molecule has 2 N–H and O–H groups in total. The molecular weight excluding hydrogens is 536 g/mol. The molecule has 1 amide bonds. The largest absolute Gasteiger partial charge is 0.493 e. The minimum atomic E-state index is -0.945. The minimum Gasteiger partial charge on any atom is -0.493 e. The van der Waals surface area contributed by atoms with E-state index in [1.54, 1.807) is 16.2 Å². The van der Waals surface area contributed by atoms with Crippen molar-refractivity contribution in [3.8, 4) is 28.8 Å². The Morgan fingerprint density at radius 3 is 2.64 bits per heavy atom. The standard InChI is InChI=1S/C30H34N8O4/c1-6-42-25-13-20-7-9-37-23(21(20)14-24(25)41-5)15-26(33-27-18(3)11-17(2)12-19(27)4)38(30(37)40)10-8-32-29(39)28-22(16-31)34-36-35-28/h11-15,22,28H,6-10H2,1-5H3,(H,32,39)(H,34,35). The molecule has 3 heterocycles. The van der Waals surface area contributed by atoms with E-state index in [0.717, 1.165) is 39.2 Å². The van der Waals surface area contributed by atoms with Crippen molar-refractivity contribution < 1.29 is 14.3 Å². The highest BCUT2D eigenvalue weighted by Crippen LogP contribution is 2.37. The number of hydrogen-bond acceptors (Lipinski definition) is 9. The first-order valence-corrected chi connectivity index (χ1v) is 13.9. The fourth-order valence-electron chi connectivity index (χ4n) is 5.53. The average Bonchev–Trinajstić information content (AvgIpc) is 3.45. The number of methoxy groups -OCH3 is 1. The predicted molar refractivity (Wildman–Crippen MR) is 156 cm³/mol. The highest BCUT2D eigenvalue weighted by Gasteiger charge is 2.32. The molecule has 1 aromatic heterocycles. The maximum absolute atomic E-state index is 14.0. The van der Waals surface area contributed by atoms with E-state index in [9.17, 15) is 14.9 Å². The highest BCUT2D eigenvalue weighted by atomic mass is 16.5. The molecule has 0 fully saturated rings. The number of aromatic nitrogens is 2. The SMILES string of the molecule is CCOc1cc2c(cc1OC)-c1cc(=Nc3c(C)cc(C)cc3C)n(CCNC(=O)C3N=NNC3C#N)c(=O)n1CC2. The first-order chi connectivity index (χ1) is 20.2. The molecule has 2 aliphatic heterocycles. The Hall–Kier alpha value is -4.92. The van der Waals surface area contributed by atoms with Crippen LogP contribution in [0.15, 0.2) is 50.5 Å². The molecule has 0 bridgehead atoms. The van der Waals surface area contributed by atoms with Crippen LogP contribution in [-0.2, 0) is 24.3 Å². The second kappa shape index (κ2) is 11.9. The van der Waals surface area contributed by atoms with Crippen molar-refractivity contribution in [2.45, 2.75) is 59.3 Å². The molecule has 3 aromatic rings. The summed E-state index contributed by atoms with van der Waals surface area (Å²) in [7, 11) is 1.60. The van der Waals surface area contributed by atoms with E-state index < -0.39 is 18.0 Å². The van der Waals surface area contributed by atoms with E-state index in [1.165, 1.54) is 0 Å². The van der Waals surface area contributed by atoms with Crippen LogP contribution in [0.1, 0.15) is 29.2 Å². The molecular formula is C30H34N8O4. The number of carbonyl (C=O) groups is 1. The predicted octanol–water partition coefficient (Wildman–Crippen LogP) is 2.79.